The number of benzene rings is 4. The van der Waals surface area contributed by atoms with Crippen molar-refractivity contribution in [3.8, 4) is 11.5 Å². The van der Waals surface area contributed by atoms with Crippen LogP contribution in [0.4, 0.5) is 0 Å². The molecular weight excluding hydrogens is 464 g/mol. The summed E-state index contributed by atoms with van der Waals surface area (Å²) in [6.45, 7) is 2.63. The summed E-state index contributed by atoms with van der Waals surface area (Å²) in [5, 5.41) is 0. The maximum absolute atomic E-state index is 13.6. The molecular formula is C32H26O5. The maximum atomic E-state index is 13.6. The van der Waals surface area contributed by atoms with Crippen LogP contribution < -0.4 is 9.47 Å². The van der Waals surface area contributed by atoms with Gasteiger partial charge in [0, 0.05) is 11.1 Å². The van der Waals surface area contributed by atoms with Crippen molar-refractivity contribution in [3.05, 3.63) is 130 Å². The van der Waals surface area contributed by atoms with Gasteiger partial charge < -0.3 is 18.9 Å². The smallest absolute Gasteiger partial charge is 0.193 e. The van der Waals surface area contributed by atoms with Gasteiger partial charge in [-0.15, -0.1) is 0 Å². The Labute approximate surface area is 215 Å². The Morgan fingerprint density at radius 1 is 0.622 bits per heavy atom. The standard InChI is InChI=1S/C32H26O5/c33-31-27-5-1-3-7-29(27)32(30-8-4-2-6-28(30)31,21-9-13-23(14-10-21)34-17-25-19-36-25)22-11-15-24(16-12-22)35-18-26-20-37-26/h1-16,25-26H,17-20H2. The van der Waals surface area contributed by atoms with Crippen molar-refractivity contribution in [2.24, 2.45) is 0 Å². The van der Waals surface area contributed by atoms with E-state index in [9.17, 15) is 4.79 Å². The fourth-order valence-corrected chi connectivity index (χ4v) is 5.40. The van der Waals surface area contributed by atoms with Crippen LogP contribution in [0.25, 0.3) is 0 Å². The summed E-state index contributed by atoms with van der Waals surface area (Å²) >= 11 is 0. The molecule has 1 aliphatic carbocycles. The first-order valence-corrected chi connectivity index (χ1v) is 12.7. The first-order chi connectivity index (χ1) is 18.2. The number of ether oxygens (including phenoxy) is 4. The molecule has 0 radical (unpaired) electrons. The van der Waals surface area contributed by atoms with Gasteiger partial charge in [-0.05, 0) is 46.5 Å². The maximum Gasteiger partial charge on any atom is 0.193 e. The molecule has 5 nitrogen and oxygen atoms in total. The molecule has 5 heteroatoms. The normalized spacial score (nSPS) is 20.5. The monoisotopic (exact) mass is 490 g/mol. The highest BCUT2D eigenvalue weighted by atomic mass is 16.6. The minimum Gasteiger partial charge on any atom is -0.491 e. The van der Waals surface area contributed by atoms with Crippen LogP contribution >= 0.6 is 0 Å². The van der Waals surface area contributed by atoms with Gasteiger partial charge in [0.2, 0.25) is 0 Å². The van der Waals surface area contributed by atoms with Gasteiger partial charge in [0.25, 0.3) is 0 Å². The predicted octanol–water partition coefficient (Wildman–Crippen LogP) is 5.17. The average Bonchev–Trinajstić information content (AvgIpc) is 3.88. The van der Waals surface area contributed by atoms with Crippen molar-refractivity contribution in [1.82, 2.24) is 0 Å². The van der Waals surface area contributed by atoms with Crippen LogP contribution in [0.15, 0.2) is 97.1 Å². The highest BCUT2D eigenvalue weighted by molar-refractivity contribution is 6.14. The Bertz CT molecular complexity index is 1340. The number of carbonyl (C=O) groups excluding carboxylic acids is 1. The quantitative estimate of drug-likeness (QED) is 0.281. The molecule has 0 amide bonds. The van der Waals surface area contributed by atoms with E-state index in [1.165, 1.54) is 0 Å². The molecule has 4 aromatic carbocycles. The molecule has 0 saturated carbocycles. The van der Waals surface area contributed by atoms with Crippen LogP contribution in [0.5, 0.6) is 11.5 Å². The lowest BCUT2D eigenvalue weighted by Crippen LogP contribution is -2.38. The minimum atomic E-state index is -0.683. The lowest BCUT2D eigenvalue weighted by molar-refractivity contribution is 0.103. The first kappa shape index (κ1) is 22.3. The molecule has 2 fully saturated rings. The molecule has 0 N–H and O–H groups in total. The lowest BCUT2D eigenvalue weighted by Gasteiger charge is -2.41. The predicted molar refractivity (Wildman–Crippen MR) is 139 cm³/mol. The van der Waals surface area contributed by atoms with Crippen LogP contribution in [0.1, 0.15) is 38.2 Å². The number of ketones is 1. The Morgan fingerprint density at radius 3 is 1.43 bits per heavy atom. The molecule has 2 saturated heterocycles. The Hall–Kier alpha value is -3.93. The molecule has 0 spiro atoms. The van der Waals surface area contributed by atoms with E-state index < -0.39 is 5.41 Å². The largest absolute Gasteiger partial charge is 0.491 e. The SMILES string of the molecule is O=C1c2ccccc2C(c2ccc(OCC3CO3)cc2)(c2ccc(OCC3CO3)cc2)c2ccccc21. The van der Waals surface area contributed by atoms with Gasteiger partial charge in [0.1, 0.15) is 36.9 Å². The number of carbonyl (C=O) groups is 1. The molecule has 0 aromatic heterocycles. The number of hydrogen-bond acceptors (Lipinski definition) is 5. The summed E-state index contributed by atoms with van der Waals surface area (Å²) in [6, 6.07) is 32.4. The Morgan fingerprint density at radius 2 is 1.03 bits per heavy atom. The molecule has 3 aliphatic rings. The highest BCUT2D eigenvalue weighted by Crippen LogP contribution is 2.51. The highest BCUT2D eigenvalue weighted by Gasteiger charge is 2.46. The van der Waals surface area contributed by atoms with Gasteiger partial charge in [0.05, 0.1) is 18.6 Å². The number of hydrogen-bond donors (Lipinski definition) is 0. The second-order valence-electron chi connectivity index (χ2n) is 9.75. The number of fused-ring (bicyclic) bond motifs is 2. The molecule has 37 heavy (non-hydrogen) atoms. The van der Waals surface area contributed by atoms with Gasteiger partial charge in [-0.3, -0.25) is 4.79 Å². The molecule has 2 unspecified atom stereocenters. The molecule has 2 atom stereocenters. The summed E-state index contributed by atoms with van der Waals surface area (Å²) in [5.74, 6) is 1.65. The lowest BCUT2D eigenvalue weighted by atomic mass is 9.59. The van der Waals surface area contributed by atoms with Gasteiger partial charge in [-0.1, -0.05) is 72.8 Å². The van der Waals surface area contributed by atoms with E-state index in [1.807, 2.05) is 60.7 Å². The van der Waals surface area contributed by atoms with Crippen LogP contribution in [-0.4, -0.2) is 44.4 Å². The molecule has 0 bridgehead atoms. The third-order valence-corrected chi connectivity index (χ3v) is 7.40. The van der Waals surface area contributed by atoms with E-state index in [0.29, 0.717) is 13.2 Å². The Kier molecular flexibility index (Phi) is 5.34. The summed E-state index contributed by atoms with van der Waals surface area (Å²) in [7, 11) is 0. The first-order valence-electron chi connectivity index (χ1n) is 12.7. The van der Waals surface area contributed by atoms with E-state index in [-0.39, 0.29) is 18.0 Å². The van der Waals surface area contributed by atoms with Gasteiger partial charge in [0.15, 0.2) is 5.78 Å². The summed E-state index contributed by atoms with van der Waals surface area (Å²) in [6.07, 6.45) is 0.391. The third-order valence-electron chi connectivity index (χ3n) is 7.40. The molecule has 184 valence electrons. The van der Waals surface area contributed by atoms with Crippen molar-refractivity contribution in [3.63, 3.8) is 0 Å². The van der Waals surface area contributed by atoms with E-state index in [0.717, 1.165) is 58.1 Å². The topological polar surface area (TPSA) is 60.6 Å². The number of rotatable bonds is 8. The fraction of sp³-hybridized carbons (Fsp3) is 0.219. The molecule has 7 rings (SSSR count). The van der Waals surface area contributed by atoms with Gasteiger partial charge >= 0.3 is 0 Å². The minimum absolute atomic E-state index is 0.0515. The zero-order valence-electron chi connectivity index (χ0n) is 20.3. The second-order valence-corrected chi connectivity index (χ2v) is 9.75. The van der Waals surface area contributed by atoms with Gasteiger partial charge in [-0.25, -0.2) is 0 Å². The molecule has 2 heterocycles. The van der Waals surface area contributed by atoms with E-state index in [2.05, 4.69) is 36.4 Å². The van der Waals surface area contributed by atoms with Crippen molar-refractivity contribution in [2.45, 2.75) is 17.6 Å². The summed E-state index contributed by atoms with van der Waals surface area (Å²) in [4.78, 5) is 13.6. The third kappa shape index (κ3) is 3.91. The zero-order chi connectivity index (χ0) is 24.8. The van der Waals surface area contributed by atoms with Crippen LogP contribution in [-0.2, 0) is 14.9 Å². The average molecular weight is 491 g/mol. The van der Waals surface area contributed by atoms with E-state index >= 15 is 0 Å². The molecule has 4 aromatic rings. The second kappa shape index (κ2) is 8.87. The number of epoxide rings is 2. The van der Waals surface area contributed by atoms with Crippen LogP contribution in [0, 0.1) is 0 Å². The van der Waals surface area contributed by atoms with E-state index in [4.69, 9.17) is 18.9 Å². The summed E-state index contributed by atoms with van der Waals surface area (Å²) < 4.78 is 22.4. The Balaban J connectivity index is 1.39. The van der Waals surface area contributed by atoms with Crippen LogP contribution in [0.2, 0.25) is 0 Å². The summed E-state index contributed by atoms with van der Waals surface area (Å²) in [5.41, 5.74) is 4.83. The zero-order valence-corrected chi connectivity index (χ0v) is 20.3. The molecule has 2 aliphatic heterocycles. The van der Waals surface area contributed by atoms with Crippen molar-refractivity contribution in [1.29, 1.82) is 0 Å². The van der Waals surface area contributed by atoms with Gasteiger partial charge in [-0.2, -0.15) is 0 Å². The van der Waals surface area contributed by atoms with E-state index in [1.54, 1.807) is 0 Å². The van der Waals surface area contributed by atoms with Crippen molar-refractivity contribution < 1.29 is 23.7 Å². The van der Waals surface area contributed by atoms with Crippen molar-refractivity contribution in [2.75, 3.05) is 26.4 Å². The van der Waals surface area contributed by atoms with Crippen molar-refractivity contribution >= 4 is 5.78 Å². The van der Waals surface area contributed by atoms with Crippen LogP contribution in [0.3, 0.4) is 0 Å². The fourth-order valence-electron chi connectivity index (χ4n) is 5.40.